The molecular weight excluding hydrogens is 426 g/mol. The monoisotopic (exact) mass is 455 g/mol. The standard InChI is InChI=1S/C22H27N3O2.C2H2O4/c1-26-22-8-3-2-7-20(22)25-15-13-24(14-16-25)12-5-17-27-21-9-4-6-19-18(21)10-11-23-19;3-1(4)2(5)6/h2-4,6-11,23H,5,12-17H2,1H3;(H,3,4)(H,5,6). The fourth-order valence-corrected chi connectivity index (χ4v) is 3.76. The molecule has 0 amide bonds. The second-order valence-electron chi connectivity index (χ2n) is 7.51. The van der Waals surface area contributed by atoms with Gasteiger partial charge in [-0.1, -0.05) is 18.2 Å². The van der Waals surface area contributed by atoms with Crippen molar-refractivity contribution in [1.29, 1.82) is 0 Å². The van der Waals surface area contributed by atoms with Crippen molar-refractivity contribution in [1.82, 2.24) is 9.88 Å². The number of methoxy groups -OCH3 is 1. The minimum absolute atomic E-state index is 0.747. The maximum Gasteiger partial charge on any atom is 0.414 e. The highest BCUT2D eigenvalue weighted by Gasteiger charge is 2.19. The van der Waals surface area contributed by atoms with Crippen molar-refractivity contribution in [3.05, 3.63) is 54.7 Å². The number of benzene rings is 2. The summed E-state index contributed by atoms with van der Waals surface area (Å²) < 4.78 is 11.5. The van der Waals surface area contributed by atoms with Gasteiger partial charge in [0.2, 0.25) is 0 Å². The van der Waals surface area contributed by atoms with E-state index in [0.29, 0.717) is 0 Å². The van der Waals surface area contributed by atoms with E-state index < -0.39 is 11.9 Å². The molecule has 0 radical (unpaired) electrons. The van der Waals surface area contributed by atoms with Gasteiger partial charge in [0.15, 0.2) is 0 Å². The van der Waals surface area contributed by atoms with Crippen molar-refractivity contribution >= 4 is 28.5 Å². The van der Waals surface area contributed by atoms with Crippen LogP contribution < -0.4 is 14.4 Å². The molecule has 4 rings (SSSR count). The van der Waals surface area contributed by atoms with Gasteiger partial charge in [0.25, 0.3) is 0 Å². The molecule has 176 valence electrons. The fraction of sp³-hybridized carbons (Fsp3) is 0.333. The number of hydrogen-bond acceptors (Lipinski definition) is 6. The first-order valence-corrected chi connectivity index (χ1v) is 10.7. The van der Waals surface area contributed by atoms with Gasteiger partial charge in [-0.2, -0.15) is 0 Å². The molecule has 0 bridgehead atoms. The van der Waals surface area contributed by atoms with Gasteiger partial charge in [-0.25, -0.2) is 9.59 Å². The van der Waals surface area contributed by atoms with Gasteiger partial charge in [0, 0.05) is 49.8 Å². The number of nitrogens with zero attached hydrogens (tertiary/aromatic N) is 2. The predicted molar refractivity (Wildman–Crippen MR) is 125 cm³/mol. The summed E-state index contributed by atoms with van der Waals surface area (Å²) in [6.07, 6.45) is 2.99. The molecule has 9 heteroatoms. The van der Waals surface area contributed by atoms with Gasteiger partial charge in [-0.05, 0) is 36.8 Å². The molecule has 0 atom stereocenters. The Bertz CT molecular complexity index is 1050. The van der Waals surface area contributed by atoms with Crippen LogP contribution in [0.4, 0.5) is 5.69 Å². The maximum absolute atomic E-state index is 9.10. The van der Waals surface area contributed by atoms with Crippen LogP contribution in [0, 0.1) is 0 Å². The number of aromatic amines is 1. The Hall–Kier alpha value is -3.72. The number of para-hydroxylation sites is 2. The van der Waals surface area contributed by atoms with E-state index in [2.05, 4.69) is 39.0 Å². The van der Waals surface area contributed by atoms with E-state index in [9.17, 15) is 0 Å². The van der Waals surface area contributed by atoms with Crippen LogP contribution in [-0.2, 0) is 9.59 Å². The first kappa shape index (κ1) is 23.9. The fourth-order valence-electron chi connectivity index (χ4n) is 3.76. The van der Waals surface area contributed by atoms with Crippen LogP contribution in [0.3, 0.4) is 0 Å². The van der Waals surface area contributed by atoms with Crippen molar-refractivity contribution < 1.29 is 29.3 Å². The van der Waals surface area contributed by atoms with E-state index in [1.54, 1.807) is 7.11 Å². The lowest BCUT2D eigenvalue weighted by atomic mass is 10.2. The molecule has 33 heavy (non-hydrogen) atoms. The normalized spacial score (nSPS) is 13.8. The first-order chi connectivity index (χ1) is 16.0. The summed E-state index contributed by atoms with van der Waals surface area (Å²) in [5, 5.41) is 15.9. The lowest BCUT2D eigenvalue weighted by Gasteiger charge is -2.36. The van der Waals surface area contributed by atoms with Crippen LogP contribution in [-0.4, -0.2) is 78.5 Å². The summed E-state index contributed by atoms with van der Waals surface area (Å²) in [5.74, 6) is -1.72. The average Bonchev–Trinajstić information content (AvgIpc) is 3.32. The van der Waals surface area contributed by atoms with Gasteiger partial charge in [-0.15, -0.1) is 0 Å². The molecule has 0 spiro atoms. The highest BCUT2D eigenvalue weighted by molar-refractivity contribution is 6.27. The van der Waals surface area contributed by atoms with E-state index >= 15 is 0 Å². The molecule has 1 fully saturated rings. The lowest BCUT2D eigenvalue weighted by molar-refractivity contribution is -0.159. The Labute approximate surface area is 192 Å². The number of carboxylic acids is 2. The molecule has 1 aliphatic heterocycles. The SMILES string of the molecule is COc1ccccc1N1CCN(CCCOc2cccc3[nH]ccc23)CC1.O=C(O)C(=O)O. The molecule has 1 aliphatic rings. The number of fused-ring (bicyclic) bond motifs is 1. The Morgan fingerprint density at radius 1 is 0.939 bits per heavy atom. The number of rotatable bonds is 7. The van der Waals surface area contributed by atoms with Gasteiger partial charge in [-0.3, -0.25) is 4.90 Å². The third-order valence-corrected chi connectivity index (χ3v) is 5.41. The van der Waals surface area contributed by atoms with Crippen LogP contribution in [0.25, 0.3) is 10.9 Å². The second kappa shape index (κ2) is 11.8. The van der Waals surface area contributed by atoms with Crippen LogP contribution in [0.1, 0.15) is 6.42 Å². The van der Waals surface area contributed by atoms with E-state index in [1.807, 2.05) is 30.5 Å². The molecular formula is C24H29N3O6. The largest absolute Gasteiger partial charge is 0.495 e. The van der Waals surface area contributed by atoms with Crippen molar-refractivity contribution in [2.75, 3.05) is 51.3 Å². The number of anilines is 1. The lowest BCUT2D eigenvalue weighted by Crippen LogP contribution is -2.46. The van der Waals surface area contributed by atoms with Gasteiger partial charge < -0.3 is 29.6 Å². The number of hydrogen-bond donors (Lipinski definition) is 3. The third-order valence-electron chi connectivity index (χ3n) is 5.41. The molecule has 2 heterocycles. The van der Waals surface area contributed by atoms with Gasteiger partial charge in [0.05, 0.1) is 19.4 Å². The number of H-pyrrole nitrogens is 1. The van der Waals surface area contributed by atoms with Crippen LogP contribution in [0.2, 0.25) is 0 Å². The molecule has 1 saturated heterocycles. The summed E-state index contributed by atoms with van der Waals surface area (Å²) in [6, 6.07) is 16.5. The van der Waals surface area contributed by atoms with E-state index in [-0.39, 0.29) is 0 Å². The molecule has 0 unspecified atom stereocenters. The highest BCUT2D eigenvalue weighted by atomic mass is 16.5. The molecule has 2 aromatic carbocycles. The quantitative estimate of drug-likeness (QED) is 0.368. The number of aromatic nitrogens is 1. The van der Waals surface area contributed by atoms with Crippen molar-refractivity contribution in [3.63, 3.8) is 0 Å². The van der Waals surface area contributed by atoms with Gasteiger partial charge in [0.1, 0.15) is 11.5 Å². The summed E-state index contributed by atoms with van der Waals surface area (Å²) in [5.41, 5.74) is 2.32. The Kier molecular flexibility index (Phi) is 8.54. The molecule has 1 aromatic heterocycles. The smallest absolute Gasteiger partial charge is 0.414 e. The number of carboxylic acid groups (broad SMARTS) is 2. The zero-order valence-electron chi connectivity index (χ0n) is 18.6. The maximum atomic E-state index is 9.10. The van der Waals surface area contributed by atoms with Crippen molar-refractivity contribution in [2.24, 2.45) is 0 Å². The van der Waals surface area contributed by atoms with Crippen molar-refractivity contribution in [2.45, 2.75) is 6.42 Å². The average molecular weight is 456 g/mol. The van der Waals surface area contributed by atoms with Gasteiger partial charge >= 0.3 is 11.9 Å². The number of ether oxygens (including phenoxy) is 2. The highest BCUT2D eigenvalue weighted by Crippen LogP contribution is 2.28. The number of piperazine rings is 1. The molecule has 0 saturated carbocycles. The topological polar surface area (TPSA) is 115 Å². The number of carbonyl (C=O) groups is 2. The van der Waals surface area contributed by atoms with E-state index in [0.717, 1.165) is 68.2 Å². The summed E-state index contributed by atoms with van der Waals surface area (Å²) >= 11 is 0. The third kappa shape index (κ3) is 6.63. The zero-order valence-corrected chi connectivity index (χ0v) is 18.6. The van der Waals surface area contributed by atoms with Crippen molar-refractivity contribution in [3.8, 4) is 11.5 Å². The van der Waals surface area contributed by atoms with Crippen LogP contribution in [0.15, 0.2) is 54.7 Å². The molecule has 0 aliphatic carbocycles. The molecule has 3 N–H and O–H groups in total. The Morgan fingerprint density at radius 3 is 2.33 bits per heavy atom. The Morgan fingerprint density at radius 2 is 1.64 bits per heavy atom. The van der Waals surface area contributed by atoms with Crippen LogP contribution in [0.5, 0.6) is 11.5 Å². The van der Waals surface area contributed by atoms with E-state index in [1.165, 1.54) is 5.69 Å². The first-order valence-electron chi connectivity index (χ1n) is 10.7. The van der Waals surface area contributed by atoms with E-state index in [4.69, 9.17) is 29.3 Å². The second-order valence-corrected chi connectivity index (χ2v) is 7.51. The predicted octanol–water partition coefficient (Wildman–Crippen LogP) is 2.92. The summed E-state index contributed by atoms with van der Waals surface area (Å²) in [6.45, 7) is 6.03. The summed E-state index contributed by atoms with van der Waals surface area (Å²) in [7, 11) is 1.74. The summed E-state index contributed by atoms with van der Waals surface area (Å²) in [4.78, 5) is 26.4. The molecule has 9 nitrogen and oxygen atoms in total. The minimum Gasteiger partial charge on any atom is -0.495 e. The number of nitrogens with one attached hydrogen (secondary N) is 1. The minimum atomic E-state index is -1.82. The number of aliphatic carboxylic acids is 2. The Balaban J connectivity index is 0.000000454. The van der Waals surface area contributed by atoms with Crippen LogP contribution >= 0.6 is 0 Å². The molecule has 3 aromatic rings. The zero-order chi connectivity index (χ0) is 23.6.